The number of methoxy groups -OCH3 is 2. The molecule has 9 heteroatoms. The summed E-state index contributed by atoms with van der Waals surface area (Å²) in [5.74, 6) is -0.0458. The zero-order chi connectivity index (χ0) is 19.8. The molecule has 3 N–H and O–H groups in total. The zero-order valence-corrected chi connectivity index (χ0v) is 15.5. The van der Waals surface area contributed by atoms with E-state index in [2.05, 4.69) is 16.0 Å². The van der Waals surface area contributed by atoms with Crippen LogP contribution in [-0.4, -0.2) is 32.7 Å². The molecular weight excluding hydrogens is 377 g/mol. The Balaban J connectivity index is 1.84. The topological polar surface area (TPSA) is 88.7 Å². The Labute approximate surface area is 160 Å². The van der Waals surface area contributed by atoms with Gasteiger partial charge in [0.25, 0.3) is 0 Å². The molecule has 0 unspecified atom stereocenters. The summed E-state index contributed by atoms with van der Waals surface area (Å²) in [4.78, 5) is 23.8. The summed E-state index contributed by atoms with van der Waals surface area (Å²) in [6, 6.07) is 8.22. The third-order valence-electron chi connectivity index (χ3n) is 3.52. The number of carbonyl (C=O) groups excluding carboxylic acids is 2. The van der Waals surface area contributed by atoms with Crippen LogP contribution in [0.4, 0.5) is 14.9 Å². The van der Waals surface area contributed by atoms with Crippen LogP contribution in [0, 0.1) is 5.82 Å². The molecule has 0 bridgehead atoms. The standard InChI is InChI=1S/C18H19ClFN3O4/c1-26-15-8-16(27-2)14(7-13(15)19)23-17(24)10-22-18(25)21-9-11-3-5-12(20)6-4-11/h3-8H,9-10H2,1-2H3,(H,23,24)(H2,21,22,25). The first-order chi connectivity index (χ1) is 12.9. The Morgan fingerprint density at radius 2 is 1.70 bits per heavy atom. The van der Waals surface area contributed by atoms with E-state index in [9.17, 15) is 14.0 Å². The number of hydrogen-bond donors (Lipinski definition) is 3. The fourth-order valence-electron chi connectivity index (χ4n) is 2.16. The third kappa shape index (κ3) is 6.03. The maximum Gasteiger partial charge on any atom is 0.315 e. The van der Waals surface area contributed by atoms with Gasteiger partial charge in [-0.1, -0.05) is 23.7 Å². The molecule has 0 heterocycles. The number of halogens is 2. The largest absolute Gasteiger partial charge is 0.495 e. The van der Waals surface area contributed by atoms with Gasteiger partial charge in [-0.15, -0.1) is 0 Å². The molecule has 144 valence electrons. The monoisotopic (exact) mass is 395 g/mol. The van der Waals surface area contributed by atoms with Crippen molar-refractivity contribution in [2.75, 3.05) is 26.1 Å². The molecule has 0 aromatic heterocycles. The van der Waals surface area contributed by atoms with Crippen LogP contribution in [0.3, 0.4) is 0 Å². The van der Waals surface area contributed by atoms with Gasteiger partial charge in [0.1, 0.15) is 17.3 Å². The molecule has 0 spiro atoms. The van der Waals surface area contributed by atoms with Crippen molar-refractivity contribution in [3.63, 3.8) is 0 Å². The Kier molecular flexibility index (Phi) is 7.25. The van der Waals surface area contributed by atoms with Gasteiger partial charge < -0.3 is 25.4 Å². The number of hydrogen-bond acceptors (Lipinski definition) is 4. The number of amides is 3. The highest BCUT2D eigenvalue weighted by molar-refractivity contribution is 6.32. The predicted molar refractivity (Wildman–Crippen MR) is 99.8 cm³/mol. The quantitative estimate of drug-likeness (QED) is 0.672. The van der Waals surface area contributed by atoms with Gasteiger partial charge in [0.05, 0.1) is 31.5 Å². The minimum atomic E-state index is -0.533. The number of benzene rings is 2. The maximum atomic E-state index is 12.8. The highest BCUT2D eigenvalue weighted by atomic mass is 35.5. The molecule has 0 atom stereocenters. The molecule has 0 fully saturated rings. The van der Waals surface area contributed by atoms with E-state index in [-0.39, 0.29) is 18.9 Å². The lowest BCUT2D eigenvalue weighted by Gasteiger charge is -2.13. The van der Waals surface area contributed by atoms with Crippen LogP contribution in [-0.2, 0) is 11.3 Å². The minimum absolute atomic E-state index is 0.204. The normalized spacial score (nSPS) is 10.1. The summed E-state index contributed by atoms with van der Waals surface area (Å²) >= 11 is 6.04. The number of carbonyl (C=O) groups is 2. The number of nitrogens with one attached hydrogen (secondary N) is 3. The zero-order valence-electron chi connectivity index (χ0n) is 14.8. The van der Waals surface area contributed by atoms with Crippen molar-refractivity contribution in [2.45, 2.75) is 6.54 Å². The van der Waals surface area contributed by atoms with E-state index >= 15 is 0 Å². The van der Waals surface area contributed by atoms with Crippen LogP contribution in [0.1, 0.15) is 5.56 Å². The van der Waals surface area contributed by atoms with E-state index < -0.39 is 11.9 Å². The van der Waals surface area contributed by atoms with Crippen LogP contribution in [0.5, 0.6) is 11.5 Å². The van der Waals surface area contributed by atoms with Gasteiger partial charge in [0, 0.05) is 12.6 Å². The van der Waals surface area contributed by atoms with E-state index in [1.54, 1.807) is 18.2 Å². The lowest BCUT2D eigenvalue weighted by Crippen LogP contribution is -2.39. The number of anilines is 1. The van der Waals surface area contributed by atoms with Gasteiger partial charge in [-0.05, 0) is 23.8 Å². The van der Waals surface area contributed by atoms with Crippen LogP contribution >= 0.6 is 11.6 Å². The predicted octanol–water partition coefficient (Wildman–Crippen LogP) is 2.93. The van der Waals surface area contributed by atoms with Crippen molar-refractivity contribution in [1.82, 2.24) is 10.6 Å². The van der Waals surface area contributed by atoms with Gasteiger partial charge in [-0.2, -0.15) is 0 Å². The molecule has 3 amide bonds. The second kappa shape index (κ2) is 9.63. The van der Waals surface area contributed by atoms with Gasteiger partial charge >= 0.3 is 6.03 Å². The lowest BCUT2D eigenvalue weighted by atomic mass is 10.2. The van der Waals surface area contributed by atoms with Gasteiger partial charge in [0.2, 0.25) is 5.91 Å². The molecule has 0 saturated carbocycles. The SMILES string of the molecule is COc1cc(OC)c(NC(=O)CNC(=O)NCc2ccc(F)cc2)cc1Cl. The summed E-state index contributed by atoms with van der Waals surface area (Å²) in [6.45, 7) is -0.0578. The highest BCUT2D eigenvalue weighted by Crippen LogP contribution is 2.35. The summed E-state index contributed by atoms with van der Waals surface area (Å²) in [6.07, 6.45) is 0. The molecule has 27 heavy (non-hydrogen) atoms. The highest BCUT2D eigenvalue weighted by Gasteiger charge is 2.13. The van der Waals surface area contributed by atoms with E-state index in [4.69, 9.17) is 21.1 Å². The van der Waals surface area contributed by atoms with Crippen molar-refractivity contribution >= 4 is 29.2 Å². The summed E-state index contributed by atoms with van der Waals surface area (Å²) in [5.41, 5.74) is 1.08. The molecule has 0 saturated heterocycles. The van der Waals surface area contributed by atoms with Crippen LogP contribution < -0.4 is 25.4 Å². The number of rotatable bonds is 7. The van der Waals surface area contributed by atoms with E-state index in [0.29, 0.717) is 22.2 Å². The molecule has 2 aromatic carbocycles. The summed E-state index contributed by atoms with van der Waals surface area (Å²) in [7, 11) is 2.91. The van der Waals surface area contributed by atoms with Crippen molar-refractivity contribution in [1.29, 1.82) is 0 Å². The average Bonchev–Trinajstić information content (AvgIpc) is 2.66. The fraction of sp³-hybridized carbons (Fsp3) is 0.222. The van der Waals surface area contributed by atoms with Crippen LogP contribution in [0.2, 0.25) is 5.02 Å². The molecule has 0 aliphatic heterocycles. The van der Waals surface area contributed by atoms with Gasteiger partial charge in [-0.3, -0.25) is 4.79 Å². The summed E-state index contributed by atoms with van der Waals surface area (Å²) in [5, 5.41) is 7.90. The van der Waals surface area contributed by atoms with E-state index in [1.165, 1.54) is 32.4 Å². The first-order valence-corrected chi connectivity index (χ1v) is 8.28. The van der Waals surface area contributed by atoms with Crippen molar-refractivity contribution < 1.29 is 23.5 Å². The number of ether oxygens (including phenoxy) is 2. The molecule has 0 aliphatic rings. The second-order valence-corrected chi connectivity index (χ2v) is 5.81. The molecule has 0 radical (unpaired) electrons. The first-order valence-electron chi connectivity index (χ1n) is 7.90. The summed E-state index contributed by atoms with van der Waals surface area (Å²) < 4.78 is 23.1. The molecule has 0 aliphatic carbocycles. The van der Waals surface area contributed by atoms with Crippen molar-refractivity contribution in [3.8, 4) is 11.5 Å². The Morgan fingerprint density at radius 3 is 2.33 bits per heavy atom. The Hall–Kier alpha value is -3.00. The maximum absolute atomic E-state index is 12.8. The van der Waals surface area contributed by atoms with Crippen molar-refractivity contribution in [3.05, 3.63) is 52.8 Å². The van der Waals surface area contributed by atoms with E-state index in [1.807, 2.05) is 0 Å². The first kappa shape index (κ1) is 20.3. The average molecular weight is 396 g/mol. The van der Waals surface area contributed by atoms with E-state index in [0.717, 1.165) is 5.56 Å². The minimum Gasteiger partial charge on any atom is -0.495 e. The molecule has 7 nitrogen and oxygen atoms in total. The smallest absolute Gasteiger partial charge is 0.315 e. The second-order valence-electron chi connectivity index (χ2n) is 5.40. The van der Waals surface area contributed by atoms with Crippen LogP contribution in [0.25, 0.3) is 0 Å². The third-order valence-corrected chi connectivity index (χ3v) is 3.82. The lowest BCUT2D eigenvalue weighted by molar-refractivity contribution is -0.115. The molecule has 2 rings (SSSR count). The van der Waals surface area contributed by atoms with Gasteiger partial charge in [0.15, 0.2) is 0 Å². The molecule has 2 aromatic rings. The number of urea groups is 1. The molecular formula is C18H19ClFN3O4. The fourth-order valence-corrected chi connectivity index (χ4v) is 2.40. The van der Waals surface area contributed by atoms with Crippen LogP contribution in [0.15, 0.2) is 36.4 Å². The Bertz CT molecular complexity index is 815. The Morgan fingerprint density at radius 1 is 1.04 bits per heavy atom. The van der Waals surface area contributed by atoms with Gasteiger partial charge in [-0.25, -0.2) is 9.18 Å². The van der Waals surface area contributed by atoms with Crippen molar-refractivity contribution in [2.24, 2.45) is 0 Å².